The van der Waals surface area contributed by atoms with Crippen molar-refractivity contribution >= 4 is 6.09 Å². The van der Waals surface area contributed by atoms with Crippen LogP contribution in [-0.2, 0) is 6.42 Å². The number of likely N-dealkylation sites (tertiary alicyclic amines) is 1. The van der Waals surface area contributed by atoms with Gasteiger partial charge in [0.05, 0.1) is 11.6 Å². The van der Waals surface area contributed by atoms with Crippen LogP contribution < -0.4 is 0 Å². The lowest BCUT2D eigenvalue weighted by Gasteiger charge is -2.30. The highest BCUT2D eigenvalue weighted by molar-refractivity contribution is 5.64. The second-order valence-electron chi connectivity index (χ2n) is 4.73. The highest BCUT2D eigenvalue weighted by Gasteiger charge is 2.22. The van der Waals surface area contributed by atoms with Gasteiger partial charge in [0.15, 0.2) is 0 Å². The summed E-state index contributed by atoms with van der Waals surface area (Å²) >= 11 is 0. The molecule has 1 saturated heterocycles. The number of piperidine rings is 1. The normalized spacial score (nSPS) is 16.3. The first-order valence-electron chi connectivity index (χ1n) is 6.16. The average molecular weight is 244 g/mol. The summed E-state index contributed by atoms with van der Waals surface area (Å²) in [6.45, 7) is 1.25. The summed E-state index contributed by atoms with van der Waals surface area (Å²) in [4.78, 5) is 12.3. The molecule has 2 rings (SSSR count). The van der Waals surface area contributed by atoms with E-state index in [1.165, 1.54) is 10.5 Å². The van der Waals surface area contributed by atoms with Crippen LogP contribution in [0.25, 0.3) is 0 Å². The molecule has 4 nitrogen and oxygen atoms in total. The summed E-state index contributed by atoms with van der Waals surface area (Å²) < 4.78 is 0. The van der Waals surface area contributed by atoms with Crippen LogP contribution in [0.3, 0.4) is 0 Å². The van der Waals surface area contributed by atoms with Gasteiger partial charge in [-0.15, -0.1) is 0 Å². The molecule has 1 aromatic rings. The van der Waals surface area contributed by atoms with E-state index < -0.39 is 6.09 Å². The fourth-order valence-electron chi connectivity index (χ4n) is 2.43. The van der Waals surface area contributed by atoms with Gasteiger partial charge < -0.3 is 10.0 Å². The summed E-state index contributed by atoms with van der Waals surface area (Å²) in [5, 5.41) is 17.7. The molecule has 4 heteroatoms. The van der Waals surface area contributed by atoms with E-state index in [0.29, 0.717) is 24.6 Å². The average Bonchev–Trinajstić information content (AvgIpc) is 2.39. The lowest BCUT2D eigenvalue weighted by Crippen LogP contribution is -2.37. The molecule has 18 heavy (non-hydrogen) atoms. The number of hydrogen-bond acceptors (Lipinski definition) is 2. The van der Waals surface area contributed by atoms with E-state index in [2.05, 4.69) is 6.07 Å². The Morgan fingerprint density at radius 2 is 2.17 bits per heavy atom. The first-order chi connectivity index (χ1) is 8.69. The Kier molecular flexibility index (Phi) is 3.83. The molecule has 0 aromatic heterocycles. The predicted octanol–water partition coefficient (Wildman–Crippen LogP) is 2.49. The van der Waals surface area contributed by atoms with Crippen LogP contribution in [0, 0.1) is 17.2 Å². The van der Waals surface area contributed by atoms with Gasteiger partial charge in [-0.1, -0.05) is 12.1 Å². The molecule has 1 aliphatic rings. The molecule has 0 saturated carbocycles. The van der Waals surface area contributed by atoms with Gasteiger partial charge in [0.25, 0.3) is 0 Å². The molecule has 0 atom stereocenters. The zero-order valence-electron chi connectivity index (χ0n) is 10.2. The molecule has 1 fully saturated rings. The van der Waals surface area contributed by atoms with Crippen LogP contribution >= 0.6 is 0 Å². The first kappa shape index (κ1) is 12.4. The molecule has 0 spiro atoms. The monoisotopic (exact) mass is 244 g/mol. The Hall–Kier alpha value is -2.02. The van der Waals surface area contributed by atoms with Crippen LogP contribution in [0.1, 0.15) is 24.0 Å². The van der Waals surface area contributed by atoms with Crippen molar-refractivity contribution in [3.8, 4) is 6.07 Å². The quantitative estimate of drug-likeness (QED) is 0.869. The molecule has 0 unspecified atom stereocenters. The Morgan fingerprint density at radius 1 is 1.44 bits per heavy atom. The van der Waals surface area contributed by atoms with E-state index in [1.54, 1.807) is 6.07 Å². The third-order valence-electron chi connectivity index (χ3n) is 3.47. The van der Waals surface area contributed by atoms with Gasteiger partial charge in [-0.2, -0.15) is 5.26 Å². The van der Waals surface area contributed by atoms with Gasteiger partial charge in [-0.25, -0.2) is 4.79 Å². The molecule has 0 bridgehead atoms. The Morgan fingerprint density at radius 3 is 2.78 bits per heavy atom. The summed E-state index contributed by atoms with van der Waals surface area (Å²) in [7, 11) is 0. The number of nitrogens with zero attached hydrogens (tertiary/aromatic N) is 2. The fraction of sp³-hybridized carbons (Fsp3) is 0.429. The number of carboxylic acid groups (broad SMARTS) is 1. The van der Waals surface area contributed by atoms with Crippen LogP contribution in [0.4, 0.5) is 4.79 Å². The van der Waals surface area contributed by atoms with Crippen LogP contribution in [0.2, 0.25) is 0 Å². The Labute approximate surface area is 106 Å². The SMILES string of the molecule is N#Cc1cccc(CC2CCN(C(=O)O)CC2)c1. The van der Waals surface area contributed by atoms with E-state index in [4.69, 9.17) is 10.4 Å². The highest BCUT2D eigenvalue weighted by atomic mass is 16.4. The van der Waals surface area contributed by atoms with Crippen molar-refractivity contribution in [3.05, 3.63) is 35.4 Å². The fourth-order valence-corrected chi connectivity index (χ4v) is 2.43. The smallest absolute Gasteiger partial charge is 0.407 e. The third kappa shape index (κ3) is 3.01. The topological polar surface area (TPSA) is 64.3 Å². The van der Waals surface area contributed by atoms with E-state index in [-0.39, 0.29) is 0 Å². The summed E-state index contributed by atoms with van der Waals surface area (Å²) in [6, 6.07) is 9.80. The molecule has 1 heterocycles. The van der Waals surface area contributed by atoms with Gasteiger partial charge in [-0.05, 0) is 42.9 Å². The minimum atomic E-state index is -0.820. The maximum atomic E-state index is 10.8. The van der Waals surface area contributed by atoms with Crippen molar-refractivity contribution in [1.29, 1.82) is 5.26 Å². The number of nitriles is 1. The van der Waals surface area contributed by atoms with Gasteiger partial charge in [0, 0.05) is 13.1 Å². The largest absolute Gasteiger partial charge is 0.465 e. The van der Waals surface area contributed by atoms with Crippen molar-refractivity contribution in [2.75, 3.05) is 13.1 Å². The number of benzene rings is 1. The second kappa shape index (κ2) is 5.54. The Bertz CT molecular complexity index is 471. The highest BCUT2D eigenvalue weighted by Crippen LogP contribution is 2.22. The number of carbonyl (C=O) groups is 1. The molecule has 1 aromatic carbocycles. The molecule has 1 N–H and O–H groups in total. The van der Waals surface area contributed by atoms with Gasteiger partial charge in [0.2, 0.25) is 0 Å². The molecular formula is C14H16N2O2. The third-order valence-corrected chi connectivity index (χ3v) is 3.47. The number of hydrogen-bond donors (Lipinski definition) is 1. The van der Waals surface area contributed by atoms with Crippen molar-refractivity contribution in [2.24, 2.45) is 5.92 Å². The molecule has 0 aliphatic carbocycles. The van der Waals surface area contributed by atoms with Crippen LogP contribution in [-0.4, -0.2) is 29.2 Å². The maximum absolute atomic E-state index is 10.8. The van der Waals surface area contributed by atoms with Gasteiger partial charge in [0.1, 0.15) is 0 Å². The van der Waals surface area contributed by atoms with Gasteiger partial charge >= 0.3 is 6.09 Å². The minimum absolute atomic E-state index is 0.523. The lowest BCUT2D eigenvalue weighted by molar-refractivity contribution is 0.124. The zero-order valence-corrected chi connectivity index (χ0v) is 10.2. The first-order valence-corrected chi connectivity index (χ1v) is 6.16. The molecule has 0 radical (unpaired) electrons. The van der Waals surface area contributed by atoms with E-state index in [9.17, 15) is 4.79 Å². The summed E-state index contributed by atoms with van der Waals surface area (Å²) in [6.07, 6.45) is 1.93. The van der Waals surface area contributed by atoms with Crippen molar-refractivity contribution in [3.63, 3.8) is 0 Å². The minimum Gasteiger partial charge on any atom is -0.465 e. The summed E-state index contributed by atoms with van der Waals surface area (Å²) in [5.41, 5.74) is 1.86. The molecule has 1 amide bonds. The molecule has 94 valence electrons. The van der Waals surface area contributed by atoms with E-state index in [0.717, 1.165) is 19.3 Å². The summed E-state index contributed by atoms with van der Waals surface area (Å²) in [5.74, 6) is 0.523. The van der Waals surface area contributed by atoms with E-state index in [1.807, 2.05) is 18.2 Å². The molecular weight excluding hydrogens is 228 g/mol. The van der Waals surface area contributed by atoms with Crippen LogP contribution in [0.15, 0.2) is 24.3 Å². The van der Waals surface area contributed by atoms with Crippen molar-refractivity contribution < 1.29 is 9.90 Å². The second-order valence-corrected chi connectivity index (χ2v) is 4.73. The van der Waals surface area contributed by atoms with Gasteiger partial charge in [-0.3, -0.25) is 0 Å². The maximum Gasteiger partial charge on any atom is 0.407 e. The zero-order chi connectivity index (χ0) is 13.0. The predicted molar refractivity (Wildman–Crippen MR) is 67.2 cm³/mol. The van der Waals surface area contributed by atoms with Crippen molar-refractivity contribution in [1.82, 2.24) is 4.90 Å². The number of rotatable bonds is 2. The standard InChI is InChI=1S/C14H16N2O2/c15-10-13-3-1-2-12(9-13)8-11-4-6-16(7-5-11)14(17)18/h1-3,9,11H,4-8H2,(H,17,18). The van der Waals surface area contributed by atoms with Crippen LogP contribution in [0.5, 0.6) is 0 Å². The Balaban J connectivity index is 1.91. The van der Waals surface area contributed by atoms with E-state index >= 15 is 0 Å². The number of amides is 1. The lowest BCUT2D eigenvalue weighted by atomic mass is 9.90. The molecule has 1 aliphatic heterocycles. The van der Waals surface area contributed by atoms with Crippen molar-refractivity contribution in [2.45, 2.75) is 19.3 Å².